The van der Waals surface area contributed by atoms with E-state index in [1.165, 1.54) is 54.6 Å². The summed E-state index contributed by atoms with van der Waals surface area (Å²) in [5.74, 6) is -3.32. The van der Waals surface area contributed by atoms with Gasteiger partial charge in [-0.1, -0.05) is 54.6 Å². The van der Waals surface area contributed by atoms with Crippen LogP contribution in [0.25, 0.3) is 0 Å². The second kappa shape index (κ2) is 11.3. The molecule has 0 radical (unpaired) electrons. The molecule has 0 heterocycles. The van der Waals surface area contributed by atoms with Gasteiger partial charge in [-0.15, -0.1) is 0 Å². The van der Waals surface area contributed by atoms with Crippen molar-refractivity contribution in [3.05, 3.63) is 125 Å². The lowest BCUT2D eigenvalue weighted by Gasteiger charge is -2.19. The molecule has 184 valence electrons. The van der Waals surface area contributed by atoms with Gasteiger partial charge in [0.25, 0.3) is 0 Å². The smallest absolute Gasteiger partial charge is 0.203 e. The third kappa shape index (κ3) is 5.96. The van der Waals surface area contributed by atoms with Crippen LogP contribution < -0.4 is 19.3 Å². The fourth-order valence-corrected chi connectivity index (χ4v) is 3.36. The van der Waals surface area contributed by atoms with Gasteiger partial charge in [0.1, 0.15) is 37.3 Å². The minimum Gasteiger partial charge on any atom is -0.545 e. The molecule has 0 unspecified atom stereocenters. The van der Waals surface area contributed by atoms with Gasteiger partial charge in [0.2, 0.25) is 5.75 Å². The van der Waals surface area contributed by atoms with Crippen molar-refractivity contribution in [3.8, 4) is 17.2 Å². The van der Waals surface area contributed by atoms with E-state index in [9.17, 15) is 23.1 Å². The summed E-state index contributed by atoms with van der Waals surface area (Å²) < 4.78 is 59.7. The Morgan fingerprint density at radius 1 is 0.611 bits per heavy atom. The van der Waals surface area contributed by atoms with E-state index >= 15 is 0 Å². The molecule has 8 heteroatoms. The Labute approximate surface area is 205 Å². The average molecular weight is 493 g/mol. The van der Waals surface area contributed by atoms with Gasteiger partial charge in [-0.3, -0.25) is 0 Å². The lowest BCUT2D eigenvalue weighted by atomic mass is 10.1. The van der Waals surface area contributed by atoms with Crippen LogP contribution in [0.1, 0.15) is 27.0 Å². The molecule has 0 aliphatic carbocycles. The molecule has 0 bridgehead atoms. The van der Waals surface area contributed by atoms with Gasteiger partial charge in [-0.2, -0.15) is 0 Å². The van der Waals surface area contributed by atoms with Crippen molar-refractivity contribution in [3.63, 3.8) is 0 Å². The van der Waals surface area contributed by atoms with Crippen molar-refractivity contribution in [2.45, 2.75) is 19.8 Å². The maximum atomic E-state index is 14.2. The lowest BCUT2D eigenvalue weighted by Crippen LogP contribution is -2.22. The third-order valence-electron chi connectivity index (χ3n) is 5.27. The summed E-state index contributed by atoms with van der Waals surface area (Å²) >= 11 is 0. The van der Waals surface area contributed by atoms with Gasteiger partial charge in [0, 0.05) is 22.3 Å². The average Bonchev–Trinajstić information content (AvgIpc) is 2.87. The molecule has 0 fully saturated rings. The van der Waals surface area contributed by atoms with Crippen molar-refractivity contribution in [2.24, 2.45) is 0 Å². The lowest BCUT2D eigenvalue weighted by molar-refractivity contribution is -0.255. The number of hydrogen-bond acceptors (Lipinski definition) is 5. The number of halogens is 3. The highest BCUT2D eigenvalue weighted by molar-refractivity contribution is 5.87. The summed E-state index contributed by atoms with van der Waals surface area (Å²) in [6, 6.07) is 20.0. The predicted molar refractivity (Wildman–Crippen MR) is 123 cm³/mol. The van der Waals surface area contributed by atoms with E-state index in [-0.39, 0.29) is 59.3 Å². The summed E-state index contributed by atoms with van der Waals surface area (Å²) in [5.41, 5.74) is 0.345. The van der Waals surface area contributed by atoms with Crippen LogP contribution in [-0.2, 0) is 19.8 Å². The van der Waals surface area contributed by atoms with Gasteiger partial charge in [-0.05, 0) is 30.3 Å². The Morgan fingerprint density at radius 3 is 1.33 bits per heavy atom. The summed E-state index contributed by atoms with van der Waals surface area (Å²) in [5, 5.41) is 11.7. The molecule has 5 nitrogen and oxygen atoms in total. The Balaban J connectivity index is 1.70. The number of aromatic carboxylic acids is 1. The molecule has 4 aromatic carbocycles. The van der Waals surface area contributed by atoms with Crippen LogP contribution in [0.3, 0.4) is 0 Å². The van der Waals surface area contributed by atoms with Crippen LogP contribution in [-0.4, -0.2) is 5.97 Å². The Hall–Kier alpha value is -4.46. The molecule has 0 aromatic heterocycles. The zero-order chi connectivity index (χ0) is 25.5. The fourth-order valence-electron chi connectivity index (χ4n) is 3.36. The summed E-state index contributed by atoms with van der Waals surface area (Å²) in [7, 11) is 0. The van der Waals surface area contributed by atoms with E-state index in [4.69, 9.17) is 14.2 Å². The van der Waals surface area contributed by atoms with E-state index in [1.807, 2.05) is 0 Å². The number of carboxylic acid groups (broad SMARTS) is 1. The molecule has 4 rings (SSSR count). The minimum absolute atomic E-state index is 0.0593. The van der Waals surface area contributed by atoms with Crippen molar-refractivity contribution >= 4 is 5.97 Å². The van der Waals surface area contributed by atoms with Gasteiger partial charge in [0.05, 0.1) is 5.97 Å². The van der Waals surface area contributed by atoms with Crippen LogP contribution in [0, 0.1) is 17.5 Å². The molecule has 0 N–H and O–H groups in total. The zero-order valence-corrected chi connectivity index (χ0v) is 18.9. The van der Waals surface area contributed by atoms with E-state index in [0.29, 0.717) is 0 Å². The van der Waals surface area contributed by atoms with Gasteiger partial charge in [-0.25, -0.2) is 13.2 Å². The molecular weight excluding hydrogens is 473 g/mol. The normalized spacial score (nSPS) is 10.6. The fraction of sp³-hybridized carbons (Fsp3) is 0.107. The monoisotopic (exact) mass is 493 g/mol. The van der Waals surface area contributed by atoms with Crippen molar-refractivity contribution in [1.29, 1.82) is 0 Å². The first-order valence-electron chi connectivity index (χ1n) is 10.9. The summed E-state index contributed by atoms with van der Waals surface area (Å²) in [6.45, 7) is -0.762. The first-order valence-corrected chi connectivity index (χ1v) is 10.9. The first kappa shape index (κ1) is 24.7. The van der Waals surface area contributed by atoms with Crippen LogP contribution in [0.15, 0.2) is 84.9 Å². The third-order valence-corrected chi connectivity index (χ3v) is 5.27. The van der Waals surface area contributed by atoms with Gasteiger partial charge in [0.15, 0.2) is 11.5 Å². The first-order chi connectivity index (χ1) is 17.4. The number of carbonyl (C=O) groups excluding carboxylic acids is 1. The van der Waals surface area contributed by atoms with E-state index in [1.54, 1.807) is 18.2 Å². The molecule has 0 saturated heterocycles. The molecule has 0 aliphatic heterocycles. The standard InChI is InChI=1S/C28H21F3O5/c29-22-10-4-1-7-18(22)15-34-25-13-21(28(32)33)14-26(35-16-19-8-2-5-11-23(19)30)27(25)36-17-20-9-3-6-12-24(20)31/h1-14H,15-17H2,(H,32,33)/p-1. The Morgan fingerprint density at radius 2 is 0.972 bits per heavy atom. The highest BCUT2D eigenvalue weighted by atomic mass is 19.1. The summed E-state index contributed by atoms with van der Waals surface area (Å²) in [6.07, 6.45) is 0. The predicted octanol–water partition coefficient (Wildman–Crippen LogP) is 5.20. The molecule has 4 aromatic rings. The number of ether oxygens (including phenoxy) is 3. The quantitative estimate of drug-likeness (QED) is 0.304. The van der Waals surface area contributed by atoms with Crippen molar-refractivity contribution in [1.82, 2.24) is 0 Å². The van der Waals surface area contributed by atoms with Crippen LogP contribution in [0.2, 0.25) is 0 Å². The number of rotatable bonds is 10. The molecule has 0 aliphatic rings. The highest BCUT2D eigenvalue weighted by Gasteiger charge is 2.19. The van der Waals surface area contributed by atoms with E-state index in [0.717, 1.165) is 12.1 Å². The molecule has 36 heavy (non-hydrogen) atoms. The second-order valence-corrected chi connectivity index (χ2v) is 7.73. The van der Waals surface area contributed by atoms with Crippen molar-refractivity contribution < 1.29 is 37.3 Å². The SMILES string of the molecule is O=C([O-])c1cc(OCc2ccccc2F)c(OCc2ccccc2F)c(OCc2ccccc2F)c1. The second-order valence-electron chi connectivity index (χ2n) is 7.73. The topological polar surface area (TPSA) is 67.8 Å². The largest absolute Gasteiger partial charge is 0.545 e. The van der Waals surface area contributed by atoms with E-state index in [2.05, 4.69) is 0 Å². The van der Waals surface area contributed by atoms with Gasteiger partial charge >= 0.3 is 0 Å². The maximum absolute atomic E-state index is 14.2. The molecule has 0 atom stereocenters. The van der Waals surface area contributed by atoms with Crippen molar-refractivity contribution in [2.75, 3.05) is 0 Å². The number of hydrogen-bond donors (Lipinski definition) is 0. The van der Waals surface area contributed by atoms with Crippen LogP contribution in [0.4, 0.5) is 13.2 Å². The zero-order valence-electron chi connectivity index (χ0n) is 18.9. The molecular formula is C28H20F3O5-. The molecule has 0 spiro atoms. The highest BCUT2D eigenvalue weighted by Crippen LogP contribution is 2.40. The summed E-state index contributed by atoms with van der Waals surface area (Å²) in [4.78, 5) is 11.7. The van der Waals surface area contributed by atoms with E-state index < -0.39 is 23.4 Å². The Kier molecular flexibility index (Phi) is 7.75. The molecule has 0 saturated carbocycles. The van der Waals surface area contributed by atoms with Crippen LogP contribution >= 0.6 is 0 Å². The minimum atomic E-state index is -1.53. The van der Waals surface area contributed by atoms with Gasteiger partial charge < -0.3 is 24.1 Å². The van der Waals surface area contributed by atoms with Crippen LogP contribution in [0.5, 0.6) is 17.2 Å². The Bertz CT molecular complexity index is 1300. The maximum Gasteiger partial charge on any atom is 0.203 e. The number of carboxylic acids is 1. The molecule has 0 amide bonds. The number of benzene rings is 4. The number of carbonyl (C=O) groups is 1.